The number of H-pyrrole nitrogens is 1. The fraction of sp³-hybridized carbons (Fsp3) is 0.385. The summed E-state index contributed by atoms with van der Waals surface area (Å²) in [6.45, 7) is 5.50. The van der Waals surface area contributed by atoms with Gasteiger partial charge >= 0.3 is 0 Å². The van der Waals surface area contributed by atoms with Crippen molar-refractivity contribution in [1.29, 1.82) is 0 Å². The quantitative estimate of drug-likeness (QED) is 0.752. The smallest absolute Gasteiger partial charge is 0.228 e. The third-order valence-corrected chi connectivity index (χ3v) is 2.86. The molecule has 0 fully saturated rings. The van der Waals surface area contributed by atoms with Crippen LogP contribution >= 0.6 is 0 Å². The Kier molecular flexibility index (Phi) is 3.94. The van der Waals surface area contributed by atoms with E-state index in [0.717, 1.165) is 23.1 Å². The van der Waals surface area contributed by atoms with E-state index in [-0.39, 0.29) is 11.8 Å². The molecule has 18 heavy (non-hydrogen) atoms. The second kappa shape index (κ2) is 5.64. The number of hydrogen-bond acceptors (Lipinski definition) is 3. The molecule has 3 N–H and O–H groups in total. The monoisotopic (exact) mass is 246 g/mol. The van der Waals surface area contributed by atoms with Crippen molar-refractivity contribution in [2.45, 2.75) is 13.8 Å². The summed E-state index contributed by atoms with van der Waals surface area (Å²) < 4.78 is 0. The number of aromatic amines is 1. The molecule has 2 rings (SSSR count). The minimum Gasteiger partial charge on any atom is -0.326 e. The standard InChI is InChI=1S/C13H18N4O/c1-3-14-7-9(2)13(18)16-11-5-4-10-8-15-17-12(10)6-11/h4-6,8-9,14H,3,7H2,1-2H3,(H,15,17)(H,16,18). The Bertz CT molecular complexity index is 535. The first kappa shape index (κ1) is 12.6. The first-order chi connectivity index (χ1) is 8.70. The summed E-state index contributed by atoms with van der Waals surface area (Å²) in [4.78, 5) is 11.9. The summed E-state index contributed by atoms with van der Waals surface area (Å²) in [6.07, 6.45) is 1.76. The zero-order chi connectivity index (χ0) is 13.0. The van der Waals surface area contributed by atoms with E-state index in [0.29, 0.717) is 6.54 Å². The molecule has 1 unspecified atom stereocenters. The number of carbonyl (C=O) groups is 1. The summed E-state index contributed by atoms with van der Waals surface area (Å²) in [7, 11) is 0. The molecular weight excluding hydrogens is 228 g/mol. The van der Waals surface area contributed by atoms with Crippen molar-refractivity contribution in [3.8, 4) is 0 Å². The Hall–Kier alpha value is -1.88. The molecule has 0 bridgehead atoms. The number of benzene rings is 1. The second-order valence-electron chi connectivity index (χ2n) is 4.37. The number of hydrogen-bond donors (Lipinski definition) is 3. The Morgan fingerprint density at radius 1 is 1.50 bits per heavy atom. The number of aromatic nitrogens is 2. The normalized spacial score (nSPS) is 12.6. The summed E-state index contributed by atoms with van der Waals surface area (Å²) in [6, 6.07) is 5.71. The summed E-state index contributed by atoms with van der Waals surface area (Å²) in [5.74, 6) is -0.0303. The molecule has 0 aliphatic carbocycles. The minimum absolute atomic E-state index is 0.0230. The molecule has 0 aliphatic heterocycles. The largest absolute Gasteiger partial charge is 0.326 e. The van der Waals surface area contributed by atoms with Gasteiger partial charge in [0, 0.05) is 23.5 Å². The van der Waals surface area contributed by atoms with E-state index in [9.17, 15) is 4.79 Å². The maximum absolute atomic E-state index is 11.9. The maximum atomic E-state index is 11.9. The van der Waals surface area contributed by atoms with Crippen LogP contribution in [0.15, 0.2) is 24.4 Å². The molecule has 1 aromatic carbocycles. The van der Waals surface area contributed by atoms with Crippen LogP contribution in [0, 0.1) is 5.92 Å². The van der Waals surface area contributed by atoms with E-state index in [2.05, 4.69) is 20.8 Å². The SMILES string of the molecule is CCNCC(C)C(=O)Nc1ccc2cn[nH]c2c1. The van der Waals surface area contributed by atoms with Gasteiger partial charge in [0.2, 0.25) is 5.91 Å². The van der Waals surface area contributed by atoms with Crippen LogP contribution in [0.1, 0.15) is 13.8 Å². The van der Waals surface area contributed by atoms with Crippen LogP contribution in [0.2, 0.25) is 0 Å². The van der Waals surface area contributed by atoms with Gasteiger partial charge in [0.25, 0.3) is 0 Å². The van der Waals surface area contributed by atoms with Crippen molar-refractivity contribution in [3.05, 3.63) is 24.4 Å². The summed E-state index contributed by atoms with van der Waals surface area (Å²) in [5, 5.41) is 13.9. The van der Waals surface area contributed by atoms with E-state index in [1.807, 2.05) is 32.0 Å². The predicted octanol–water partition coefficient (Wildman–Crippen LogP) is 1.75. The van der Waals surface area contributed by atoms with Gasteiger partial charge < -0.3 is 10.6 Å². The Labute approximate surface area is 106 Å². The van der Waals surface area contributed by atoms with Crippen LogP contribution in [0.3, 0.4) is 0 Å². The molecular formula is C13H18N4O. The average molecular weight is 246 g/mol. The van der Waals surface area contributed by atoms with Gasteiger partial charge in [-0.2, -0.15) is 5.10 Å². The van der Waals surface area contributed by atoms with Gasteiger partial charge in [0.15, 0.2) is 0 Å². The lowest BCUT2D eigenvalue weighted by molar-refractivity contribution is -0.119. The second-order valence-corrected chi connectivity index (χ2v) is 4.37. The van der Waals surface area contributed by atoms with Crippen molar-refractivity contribution in [2.24, 2.45) is 5.92 Å². The highest BCUT2D eigenvalue weighted by molar-refractivity contribution is 5.94. The van der Waals surface area contributed by atoms with Gasteiger partial charge in [-0.15, -0.1) is 0 Å². The van der Waals surface area contributed by atoms with E-state index < -0.39 is 0 Å². The molecule has 0 saturated heterocycles. The van der Waals surface area contributed by atoms with Crippen LogP contribution in [0.25, 0.3) is 10.9 Å². The molecule has 5 nitrogen and oxygen atoms in total. The zero-order valence-electron chi connectivity index (χ0n) is 10.7. The number of nitrogens with zero attached hydrogens (tertiary/aromatic N) is 1. The number of carbonyl (C=O) groups excluding carboxylic acids is 1. The van der Waals surface area contributed by atoms with Crippen molar-refractivity contribution >= 4 is 22.5 Å². The van der Waals surface area contributed by atoms with E-state index in [4.69, 9.17) is 0 Å². The first-order valence-electron chi connectivity index (χ1n) is 6.15. The molecule has 1 heterocycles. The molecule has 1 atom stereocenters. The van der Waals surface area contributed by atoms with Crippen molar-refractivity contribution in [3.63, 3.8) is 0 Å². The zero-order valence-corrected chi connectivity index (χ0v) is 10.7. The molecule has 0 radical (unpaired) electrons. The van der Waals surface area contributed by atoms with Crippen LogP contribution < -0.4 is 10.6 Å². The molecule has 0 spiro atoms. The highest BCUT2D eigenvalue weighted by Gasteiger charge is 2.12. The molecule has 1 aromatic heterocycles. The lowest BCUT2D eigenvalue weighted by Crippen LogP contribution is -2.30. The average Bonchev–Trinajstić information content (AvgIpc) is 2.83. The highest BCUT2D eigenvalue weighted by atomic mass is 16.1. The van der Waals surface area contributed by atoms with E-state index in [1.54, 1.807) is 6.20 Å². The third-order valence-electron chi connectivity index (χ3n) is 2.86. The summed E-state index contributed by atoms with van der Waals surface area (Å²) in [5.41, 5.74) is 1.72. The molecule has 96 valence electrons. The third kappa shape index (κ3) is 2.87. The Morgan fingerprint density at radius 2 is 2.33 bits per heavy atom. The van der Waals surface area contributed by atoms with Crippen molar-refractivity contribution < 1.29 is 4.79 Å². The predicted molar refractivity (Wildman–Crippen MR) is 72.4 cm³/mol. The number of rotatable bonds is 5. The fourth-order valence-corrected chi connectivity index (χ4v) is 1.73. The number of amides is 1. The van der Waals surface area contributed by atoms with Gasteiger partial charge in [-0.25, -0.2) is 0 Å². The fourth-order valence-electron chi connectivity index (χ4n) is 1.73. The first-order valence-corrected chi connectivity index (χ1v) is 6.15. The highest BCUT2D eigenvalue weighted by Crippen LogP contribution is 2.17. The van der Waals surface area contributed by atoms with Gasteiger partial charge in [0.1, 0.15) is 0 Å². The minimum atomic E-state index is -0.0533. The van der Waals surface area contributed by atoms with Gasteiger partial charge in [-0.1, -0.05) is 13.8 Å². The number of fused-ring (bicyclic) bond motifs is 1. The molecule has 0 aliphatic rings. The lowest BCUT2D eigenvalue weighted by Gasteiger charge is -2.12. The molecule has 1 amide bonds. The van der Waals surface area contributed by atoms with E-state index >= 15 is 0 Å². The van der Waals surface area contributed by atoms with Crippen LogP contribution in [-0.2, 0) is 4.79 Å². The summed E-state index contributed by atoms with van der Waals surface area (Å²) >= 11 is 0. The number of nitrogens with one attached hydrogen (secondary N) is 3. The molecule has 2 aromatic rings. The number of anilines is 1. The maximum Gasteiger partial charge on any atom is 0.228 e. The molecule has 0 saturated carbocycles. The van der Waals surface area contributed by atoms with Crippen LogP contribution in [0.4, 0.5) is 5.69 Å². The van der Waals surface area contributed by atoms with Gasteiger partial charge in [0.05, 0.1) is 11.7 Å². The Morgan fingerprint density at radius 3 is 3.11 bits per heavy atom. The Balaban J connectivity index is 2.01. The van der Waals surface area contributed by atoms with Crippen molar-refractivity contribution in [2.75, 3.05) is 18.4 Å². The molecule has 5 heteroatoms. The van der Waals surface area contributed by atoms with Crippen molar-refractivity contribution in [1.82, 2.24) is 15.5 Å². The van der Waals surface area contributed by atoms with Crippen LogP contribution in [-0.4, -0.2) is 29.2 Å². The van der Waals surface area contributed by atoms with Gasteiger partial charge in [-0.3, -0.25) is 9.89 Å². The van der Waals surface area contributed by atoms with Crippen LogP contribution in [0.5, 0.6) is 0 Å². The lowest BCUT2D eigenvalue weighted by atomic mass is 10.1. The van der Waals surface area contributed by atoms with E-state index in [1.165, 1.54) is 0 Å². The van der Waals surface area contributed by atoms with Gasteiger partial charge in [-0.05, 0) is 24.7 Å². The topological polar surface area (TPSA) is 69.8 Å².